The third-order valence-electron chi connectivity index (χ3n) is 2.71. The van der Waals surface area contributed by atoms with Crippen molar-refractivity contribution in [3.8, 4) is 0 Å². The van der Waals surface area contributed by atoms with Gasteiger partial charge < -0.3 is 15.8 Å². The highest BCUT2D eigenvalue weighted by atomic mass is 16.5. The normalized spacial score (nSPS) is 11.7. The Morgan fingerprint density at radius 2 is 1.95 bits per heavy atom. The van der Waals surface area contributed by atoms with E-state index in [1.165, 1.54) is 0 Å². The summed E-state index contributed by atoms with van der Waals surface area (Å²) >= 11 is 0. The maximum absolute atomic E-state index is 11.8. The largest absolute Gasteiger partial charge is 0.464 e. The average molecular weight is 264 g/mol. The molecule has 0 spiro atoms. The Labute approximate surface area is 113 Å². The highest BCUT2D eigenvalue weighted by molar-refractivity contribution is 5.85. The van der Waals surface area contributed by atoms with E-state index in [0.29, 0.717) is 13.2 Å². The molecular formula is C14H20N2O3. The summed E-state index contributed by atoms with van der Waals surface area (Å²) in [5.41, 5.74) is 7.42. The first-order chi connectivity index (χ1) is 9.08. The van der Waals surface area contributed by atoms with Crippen molar-refractivity contribution in [2.24, 2.45) is 5.73 Å². The summed E-state index contributed by atoms with van der Waals surface area (Å²) in [7, 11) is 0. The van der Waals surface area contributed by atoms with Crippen LogP contribution in [0.3, 0.4) is 0 Å². The Kier molecular flexibility index (Phi) is 6.02. The lowest BCUT2D eigenvalue weighted by molar-refractivity contribution is -0.146. The predicted molar refractivity (Wildman–Crippen MR) is 72.3 cm³/mol. The smallest absolute Gasteiger partial charge is 0.328 e. The van der Waals surface area contributed by atoms with Gasteiger partial charge in [-0.3, -0.25) is 4.79 Å². The van der Waals surface area contributed by atoms with Gasteiger partial charge in [-0.1, -0.05) is 24.3 Å². The first-order valence-corrected chi connectivity index (χ1v) is 6.31. The zero-order valence-electron chi connectivity index (χ0n) is 11.3. The topological polar surface area (TPSA) is 81.4 Å². The van der Waals surface area contributed by atoms with Crippen LogP contribution in [0, 0.1) is 0 Å². The molecule has 0 saturated carbocycles. The number of nitrogens with two attached hydrogens (primary N) is 1. The second-order valence-electron chi connectivity index (χ2n) is 4.19. The van der Waals surface area contributed by atoms with E-state index in [1.807, 2.05) is 24.3 Å². The third-order valence-corrected chi connectivity index (χ3v) is 2.71. The van der Waals surface area contributed by atoms with Crippen molar-refractivity contribution in [3.05, 3.63) is 35.4 Å². The van der Waals surface area contributed by atoms with E-state index < -0.39 is 12.0 Å². The molecule has 0 heterocycles. The molecule has 0 radical (unpaired) electrons. The van der Waals surface area contributed by atoms with Crippen LogP contribution in [0.4, 0.5) is 0 Å². The van der Waals surface area contributed by atoms with Gasteiger partial charge in [-0.05, 0) is 25.0 Å². The number of rotatable bonds is 6. The SMILES string of the molecule is CCOC(=O)C(C)NC(=O)Cc1ccccc1CN. The molecule has 0 bridgehead atoms. The van der Waals surface area contributed by atoms with E-state index in [1.54, 1.807) is 13.8 Å². The van der Waals surface area contributed by atoms with Gasteiger partial charge in [0.25, 0.3) is 0 Å². The third kappa shape index (κ3) is 4.71. The van der Waals surface area contributed by atoms with Gasteiger partial charge in [-0.2, -0.15) is 0 Å². The molecule has 0 fully saturated rings. The van der Waals surface area contributed by atoms with Crippen LogP contribution in [0.5, 0.6) is 0 Å². The molecule has 0 aromatic heterocycles. The summed E-state index contributed by atoms with van der Waals surface area (Å²) in [4.78, 5) is 23.2. The molecule has 1 amide bonds. The molecule has 0 aliphatic carbocycles. The van der Waals surface area contributed by atoms with Crippen molar-refractivity contribution < 1.29 is 14.3 Å². The molecule has 0 saturated heterocycles. The first kappa shape index (κ1) is 15.2. The molecule has 19 heavy (non-hydrogen) atoms. The fraction of sp³-hybridized carbons (Fsp3) is 0.429. The molecule has 5 heteroatoms. The van der Waals surface area contributed by atoms with E-state index in [9.17, 15) is 9.59 Å². The fourth-order valence-corrected chi connectivity index (χ4v) is 1.72. The van der Waals surface area contributed by atoms with Crippen LogP contribution < -0.4 is 11.1 Å². The molecule has 1 rings (SSSR count). The number of hydrogen-bond donors (Lipinski definition) is 2. The predicted octanol–water partition coefficient (Wildman–Crippen LogP) is 0.756. The summed E-state index contributed by atoms with van der Waals surface area (Å²) in [5.74, 6) is -0.649. The van der Waals surface area contributed by atoms with Gasteiger partial charge in [0.15, 0.2) is 0 Å². The van der Waals surface area contributed by atoms with Gasteiger partial charge >= 0.3 is 5.97 Å². The van der Waals surface area contributed by atoms with Crippen LogP contribution in [-0.2, 0) is 27.3 Å². The number of amides is 1. The minimum Gasteiger partial charge on any atom is -0.464 e. The lowest BCUT2D eigenvalue weighted by Gasteiger charge is -2.13. The minimum atomic E-state index is -0.641. The number of benzene rings is 1. The highest BCUT2D eigenvalue weighted by Gasteiger charge is 2.17. The van der Waals surface area contributed by atoms with Gasteiger partial charge in [0.1, 0.15) is 6.04 Å². The molecule has 1 unspecified atom stereocenters. The number of nitrogens with one attached hydrogen (secondary N) is 1. The van der Waals surface area contributed by atoms with Crippen molar-refractivity contribution >= 4 is 11.9 Å². The van der Waals surface area contributed by atoms with Crippen LogP contribution in [0.25, 0.3) is 0 Å². The van der Waals surface area contributed by atoms with Crippen molar-refractivity contribution in [2.45, 2.75) is 32.9 Å². The number of esters is 1. The number of hydrogen-bond acceptors (Lipinski definition) is 4. The summed E-state index contributed by atoms with van der Waals surface area (Å²) in [6.45, 7) is 4.01. The Morgan fingerprint density at radius 3 is 2.53 bits per heavy atom. The molecular weight excluding hydrogens is 244 g/mol. The lowest BCUT2D eigenvalue weighted by atomic mass is 10.0. The van der Waals surface area contributed by atoms with E-state index in [0.717, 1.165) is 11.1 Å². The van der Waals surface area contributed by atoms with Crippen molar-refractivity contribution in [1.82, 2.24) is 5.32 Å². The Bertz CT molecular complexity index is 446. The first-order valence-electron chi connectivity index (χ1n) is 6.31. The van der Waals surface area contributed by atoms with Crippen molar-refractivity contribution in [3.63, 3.8) is 0 Å². The van der Waals surface area contributed by atoms with Crippen LogP contribution in [0.2, 0.25) is 0 Å². The highest BCUT2D eigenvalue weighted by Crippen LogP contribution is 2.08. The number of ether oxygens (including phenoxy) is 1. The van der Waals surface area contributed by atoms with Crippen molar-refractivity contribution in [1.29, 1.82) is 0 Å². The van der Waals surface area contributed by atoms with E-state index in [4.69, 9.17) is 10.5 Å². The maximum atomic E-state index is 11.8. The van der Waals surface area contributed by atoms with Gasteiger partial charge in [-0.15, -0.1) is 0 Å². The zero-order valence-corrected chi connectivity index (χ0v) is 11.3. The van der Waals surface area contributed by atoms with E-state index >= 15 is 0 Å². The number of carbonyl (C=O) groups excluding carboxylic acids is 2. The molecule has 1 aromatic carbocycles. The Balaban J connectivity index is 2.58. The summed E-state index contributed by atoms with van der Waals surface area (Å²) < 4.78 is 4.83. The monoisotopic (exact) mass is 264 g/mol. The lowest BCUT2D eigenvalue weighted by Crippen LogP contribution is -2.40. The van der Waals surface area contributed by atoms with Crippen LogP contribution in [-0.4, -0.2) is 24.5 Å². The maximum Gasteiger partial charge on any atom is 0.328 e. The Morgan fingerprint density at radius 1 is 1.32 bits per heavy atom. The second-order valence-corrected chi connectivity index (χ2v) is 4.19. The number of carbonyl (C=O) groups is 2. The fourth-order valence-electron chi connectivity index (χ4n) is 1.72. The van der Waals surface area contributed by atoms with Gasteiger partial charge in [-0.25, -0.2) is 4.79 Å². The van der Waals surface area contributed by atoms with Gasteiger partial charge in [0, 0.05) is 6.54 Å². The second kappa shape index (κ2) is 7.53. The molecule has 104 valence electrons. The zero-order chi connectivity index (χ0) is 14.3. The molecule has 0 aliphatic rings. The van der Waals surface area contributed by atoms with Gasteiger partial charge in [0.05, 0.1) is 13.0 Å². The van der Waals surface area contributed by atoms with Crippen molar-refractivity contribution in [2.75, 3.05) is 6.61 Å². The molecule has 0 aliphatic heterocycles. The molecule has 5 nitrogen and oxygen atoms in total. The Hall–Kier alpha value is -1.88. The standard InChI is InChI=1S/C14H20N2O3/c1-3-19-14(18)10(2)16-13(17)8-11-6-4-5-7-12(11)9-15/h4-7,10H,3,8-9,15H2,1-2H3,(H,16,17). The van der Waals surface area contributed by atoms with E-state index in [-0.39, 0.29) is 12.3 Å². The van der Waals surface area contributed by atoms with Crippen LogP contribution in [0.1, 0.15) is 25.0 Å². The van der Waals surface area contributed by atoms with Gasteiger partial charge in [0.2, 0.25) is 5.91 Å². The minimum absolute atomic E-state index is 0.205. The average Bonchev–Trinajstić information content (AvgIpc) is 2.39. The van der Waals surface area contributed by atoms with E-state index in [2.05, 4.69) is 5.32 Å². The summed E-state index contributed by atoms with van der Waals surface area (Å²) in [5, 5.41) is 2.61. The van der Waals surface area contributed by atoms with Crippen LogP contribution in [0.15, 0.2) is 24.3 Å². The quantitative estimate of drug-likeness (QED) is 0.743. The summed E-state index contributed by atoms with van der Waals surface area (Å²) in [6.07, 6.45) is 0.205. The van der Waals surface area contributed by atoms with Crippen LogP contribution >= 0.6 is 0 Å². The molecule has 1 atom stereocenters. The summed E-state index contributed by atoms with van der Waals surface area (Å²) in [6, 6.07) is 6.84. The molecule has 3 N–H and O–H groups in total. The molecule has 1 aromatic rings.